The van der Waals surface area contributed by atoms with E-state index in [1.54, 1.807) is 18.2 Å². The number of hydrogen-bond acceptors (Lipinski definition) is 3. The van der Waals surface area contributed by atoms with Crippen molar-refractivity contribution in [3.8, 4) is 0 Å². The molecule has 1 aromatic carbocycles. The van der Waals surface area contributed by atoms with Gasteiger partial charge < -0.3 is 5.32 Å². The van der Waals surface area contributed by atoms with Crippen molar-refractivity contribution >= 4 is 10.0 Å². The minimum absolute atomic E-state index is 0.103. The SMILES string of the molecule is CNCc1cccc(S(=O)(=O)NC2CCCCC2)c1. The molecule has 1 aliphatic rings. The van der Waals surface area contributed by atoms with Crippen LogP contribution in [0.3, 0.4) is 0 Å². The van der Waals surface area contributed by atoms with Gasteiger partial charge in [-0.15, -0.1) is 0 Å². The first-order valence-corrected chi connectivity index (χ1v) is 8.36. The van der Waals surface area contributed by atoms with E-state index in [-0.39, 0.29) is 6.04 Å². The third-order valence-corrected chi connectivity index (χ3v) is 5.03. The van der Waals surface area contributed by atoms with Gasteiger partial charge in [0.15, 0.2) is 0 Å². The van der Waals surface area contributed by atoms with Crippen LogP contribution in [-0.4, -0.2) is 21.5 Å². The van der Waals surface area contributed by atoms with E-state index in [9.17, 15) is 8.42 Å². The van der Waals surface area contributed by atoms with Crippen LogP contribution in [0.2, 0.25) is 0 Å². The molecule has 19 heavy (non-hydrogen) atoms. The van der Waals surface area contributed by atoms with Gasteiger partial charge >= 0.3 is 0 Å². The molecule has 0 radical (unpaired) electrons. The van der Waals surface area contributed by atoms with Crippen LogP contribution in [0.15, 0.2) is 29.2 Å². The number of rotatable bonds is 5. The minimum Gasteiger partial charge on any atom is -0.316 e. The first-order chi connectivity index (χ1) is 9.12. The van der Waals surface area contributed by atoms with Crippen molar-refractivity contribution in [2.24, 2.45) is 0 Å². The van der Waals surface area contributed by atoms with Crippen LogP contribution in [0, 0.1) is 0 Å². The van der Waals surface area contributed by atoms with E-state index in [1.807, 2.05) is 13.1 Å². The van der Waals surface area contributed by atoms with Crippen molar-refractivity contribution in [2.45, 2.75) is 49.6 Å². The molecule has 0 aliphatic heterocycles. The molecule has 0 unspecified atom stereocenters. The second-order valence-electron chi connectivity index (χ2n) is 5.13. The lowest BCUT2D eigenvalue weighted by atomic mass is 9.96. The Balaban J connectivity index is 2.11. The zero-order valence-electron chi connectivity index (χ0n) is 11.4. The number of sulfonamides is 1. The molecule has 1 saturated carbocycles. The summed E-state index contributed by atoms with van der Waals surface area (Å²) < 4.78 is 27.5. The van der Waals surface area contributed by atoms with E-state index >= 15 is 0 Å². The van der Waals surface area contributed by atoms with Crippen LogP contribution in [0.1, 0.15) is 37.7 Å². The summed E-state index contributed by atoms with van der Waals surface area (Å²) in [6.45, 7) is 0.673. The zero-order chi connectivity index (χ0) is 13.7. The lowest BCUT2D eigenvalue weighted by molar-refractivity contribution is 0.412. The molecule has 0 saturated heterocycles. The number of nitrogens with one attached hydrogen (secondary N) is 2. The van der Waals surface area contributed by atoms with Crippen molar-refractivity contribution < 1.29 is 8.42 Å². The van der Waals surface area contributed by atoms with Gasteiger partial charge in [0.2, 0.25) is 10.0 Å². The van der Waals surface area contributed by atoms with Gasteiger partial charge in [0.25, 0.3) is 0 Å². The summed E-state index contributed by atoms with van der Waals surface area (Å²) >= 11 is 0. The first-order valence-electron chi connectivity index (χ1n) is 6.88. The molecule has 0 bridgehead atoms. The topological polar surface area (TPSA) is 58.2 Å². The molecular weight excluding hydrogens is 260 g/mol. The zero-order valence-corrected chi connectivity index (χ0v) is 12.2. The van der Waals surface area contributed by atoms with Crippen LogP contribution in [0.25, 0.3) is 0 Å². The summed E-state index contributed by atoms with van der Waals surface area (Å²) in [6.07, 6.45) is 5.36. The number of hydrogen-bond donors (Lipinski definition) is 2. The highest BCUT2D eigenvalue weighted by atomic mass is 32.2. The van der Waals surface area contributed by atoms with Crippen molar-refractivity contribution in [3.63, 3.8) is 0 Å². The maximum atomic E-state index is 12.3. The second-order valence-corrected chi connectivity index (χ2v) is 6.85. The van der Waals surface area contributed by atoms with Gasteiger partial charge in [0.05, 0.1) is 4.90 Å². The average molecular weight is 282 g/mol. The minimum atomic E-state index is -3.38. The van der Waals surface area contributed by atoms with E-state index < -0.39 is 10.0 Å². The summed E-state index contributed by atoms with van der Waals surface area (Å²) in [7, 11) is -1.53. The van der Waals surface area contributed by atoms with Crippen molar-refractivity contribution in [1.82, 2.24) is 10.0 Å². The van der Waals surface area contributed by atoms with Crippen molar-refractivity contribution in [3.05, 3.63) is 29.8 Å². The van der Waals surface area contributed by atoms with Gasteiger partial charge in [-0.1, -0.05) is 31.4 Å². The van der Waals surface area contributed by atoms with Gasteiger partial charge in [-0.3, -0.25) is 0 Å². The summed E-state index contributed by atoms with van der Waals surface area (Å²) in [6, 6.07) is 7.22. The summed E-state index contributed by atoms with van der Waals surface area (Å²) in [5.74, 6) is 0. The molecule has 4 nitrogen and oxygen atoms in total. The van der Waals surface area contributed by atoms with Crippen LogP contribution in [0.4, 0.5) is 0 Å². The molecule has 106 valence electrons. The Bertz CT molecular complexity index is 508. The van der Waals surface area contributed by atoms with E-state index in [1.165, 1.54) is 6.42 Å². The number of benzene rings is 1. The van der Waals surface area contributed by atoms with E-state index in [2.05, 4.69) is 10.0 Å². The van der Waals surface area contributed by atoms with E-state index in [0.717, 1.165) is 31.2 Å². The lowest BCUT2D eigenvalue weighted by Crippen LogP contribution is -2.36. The van der Waals surface area contributed by atoms with Gasteiger partial charge in [-0.25, -0.2) is 13.1 Å². The van der Waals surface area contributed by atoms with Crippen LogP contribution in [-0.2, 0) is 16.6 Å². The van der Waals surface area contributed by atoms with E-state index in [0.29, 0.717) is 11.4 Å². The largest absolute Gasteiger partial charge is 0.316 e. The lowest BCUT2D eigenvalue weighted by Gasteiger charge is -2.22. The normalized spacial score (nSPS) is 17.5. The summed E-state index contributed by atoms with van der Waals surface area (Å²) in [5.41, 5.74) is 0.981. The predicted octanol–water partition coefficient (Wildman–Crippen LogP) is 2.02. The van der Waals surface area contributed by atoms with E-state index in [4.69, 9.17) is 0 Å². The highest BCUT2D eigenvalue weighted by Crippen LogP contribution is 2.20. The third kappa shape index (κ3) is 4.03. The van der Waals surface area contributed by atoms with Crippen LogP contribution in [0.5, 0.6) is 0 Å². The molecule has 0 heterocycles. The van der Waals surface area contributed by atoms with Crippen molar-refractivity contribution in [2.75, 3.05) is 7.05 Å². The molecule has 0 amide bonds. The second kappa shape index (κ2) is 6.50. The molecule has 0 spiro atoms. The molecule has 0 aromatic heterocycles. The average Bonchev–Trinajstić information content (AvgIpc) is 2.40. The molecule has 2 N–H and O–H groups in total. The third-order valence-electron chi connectivity index (χ3n) is 3.52. The van der Waals surface area contributed by atoms with Crippen LogP contribution >= 0.6 is 0 Å². The first kappa shape index (κ1) is 14.5. The monoisotopic (exact) mass is 282 g/mol. The highest BCUT2D eigenvalue weighted by Gasteiger charge is 2.21. The Morgan fingerprint density at radius 2 is 1.95 bits per heavy atom. The fraction of sp³-hybridized carbons (Fsp3) is 0.571. The smallest absolute Gasteiger partial charge is 0.240 e. The Morgan fingerprint density at radius 1 is 1.21 bits per heavy atom. The fourth-order valence-corrected chi connectivity index (χ4v) is 3.91. The summed E-state index contributed by atoms with van der Waals surface area (Å²) in [5, 5.41) is 3.03. The quantitative estimate of drug-likeness (QED) is 0.868. The van der Waals surface area contributed by atoms with Gasteiger partial charge in [0.1, 0.15) is 0 Å². The summed E-state index contributed by atoms with van der Waals surface area (Å²) in [4.78, 5) is 0.367. The Labute approximate surface area is 115 Å². The molecule has 0 atom stereocenters. The predicted molar refractivity (Wildman–Crippen MR) is 76.4 cm³/mol. The van der Waals surface area contributed by atoms with Crippen LogP contribution < -0.4 is 10.0 Å². The molecular formula is C14H22N2O2S. The maximum absolute atomic E-state index is 12.3. The highest BCUT2D eigenvalue weighted by molar-refractivity contribution is 7.89. The maximum Gasteiger partial charge on any atom is 0.240 e. The van der Waals surface area contributed by atoms with Gasteiger partial charge in [0, 0.05) is 12.6 Å². The molecule has 1 fully saturated rings. The Kier molecular flexibility index (Phi) is 4.96. The van der Waals surface area contributed by atoms with Crippen molar-refractivity contribution in [1.29, 1.82) is 0 Å². The van der Waals surface area contributed by atoms with Gasteiger partial charge in [-0.05, 0) is 37.6 Å². The molecule has 2 rings (SSSR count). The Hall–Kier alpha value is -0.910. The molecule has 5 heteroatoms. The molecule has 1 aromatic rings. The standard InChI is InChI=1S/C14H22N2O2S/c1-15-11-12-6-5-9-14(10-12)19(17,18)16-13-7-3-2-4-8-13/h5-6,9-10,13,15-16H,2-4,7-8,11H2,1H3. The Morgan fingerprint density at radius 3 is 2.63 bits per heavy atom. The van der Waals surface area contributed by atoms with Gasteiger partial charge in [-0.2, -0.15) is 0 Å². The molecule has 1 aliphatic carbocycles. The fourth-order valence-electron chi connectivity index (χ4n) is 2.53.